The Labute approximate surface area is 281 Å². The highest BCUT2D eigenvalue weighted by Gasteiger charge is 2.23. The molecule has 9 heteroatoms. The number of allylic oxidation sites excluding steroid dienone is 9. The zero-order valence-corrected chi connectivity index (χ0v) is 30.6. The fraction of sp³-hybridized carbons (Fsp3) is 0.703. The molecule has 0 radical (unpaired) electrons. The van der Waals surface area contributed by atoms with E-state index in [1.165, 1.54) is 32.1 Å². The number of hydrogen-bond acceptors (Lipinski definition) is 6. The van der Waals surface area contributed by atoms with E-state index in [4.69, 9.17) is 9.05 Å². The average molecular weight is 667 g/mol. The van der Waals surface area contributed by atoms with Crippen LogP contribution in [0.1, 0.15) is 117 Å². The summed E-state index contributed by atoms with van der Waals surface area (Å²) in [6.45, 7) is 4.41. The third-order valence-corrected chi connectivity index (χ3v) is 8.18. The van der Waals surface area contributed by atoms with Crippen molar-refractivity contribution in [3.63, 3.8) is 0 Å². The number of aliphatic hydroxyl groups excluding tert-OH is 1. The minimum atomic E-state index is -4.59. The number of phosphoric acid groups is 1. The Morgan fingerprint density at radius 1 is 0.783 bits per heavy atom. The molecule has 0 heterocycles. The molecule has 0 aliphatic carbocycles. The van der Waals surface area contributed by atoms with Crippen LogP contribution in [0.25, 0.3) is 0 Å². The SMILES string of the molecule is CC/C=C\C/C=C\C/C=C\CCCCCC(=O)NC(COP(=O)([O-])OCC[N+](C)(C)C)C(O)/C=C/CC/C=C/CCCCCCC. The number of aliphatic hydroxyl groups is 1. The molecule has 0 fully saturated rings. The van der Waals surface area contributed by atoms with E-state index in [1.807, 2.05) is 27.2 Å². The zero-order chi connectivity index (χ0) is 34.4. The Balaban J connectivity index is 4.71. The summed E-state index contributed by atoms with van der Waals surface area (Å²) >= 11 is 0. The average Bonchev–Trinajstić information content (AvgIpc) is 2.99. The highest BCUT2D eigenvalue weighted by atomic mass is 31.2. The molecule has 0 rings (SSSR count). The van der Waals surface area contributed by atoms with Gasteiger partial charge < -0.3 is 28.8 Å². The first-order chi connectivity index (χ1) is 22.0. The van der Waals surface area contributed by atoms with Gasteiger partial charge in [0.05, 0.1) is 39.9 Å². The Kier molecular flexibility index (Phi) is 28.2. The lowest BCUT2D eigenvalue weighted by molar-refractivity contribution is -0.870. The quantitative estimate of drug-likeness (QED) is 0.0347. The van der Waals surface area contributed by atoms with Crippen molar-refractivity contribution in [2.45, 2.75) is 129 Å². The standard InChI is InChI=1S/C37H67N2O6P/c1-6-8-10-12-14-16-18-19-21-23-25-27-29-31-37(41)38-35(34-45-46(42,43)44-33-32-39(3,4)5)36(40)30-28-26-24-22-20-17-15-13-11-9-7-2/h8,10,14,16,19-22,28,30,35-36,40H,6-7,9,11-13,15,17-18,23-27,29,31-34H2,1-5H3,(H-,38,41,42,43)/b10-8-,16-14-,21-19-,22-20+,30-28+. The number of likely N-dealkylation sites (N-methyl/N-ethyl adjacent to an activating group) is 1. The second-order valence-electron chi connectivity index (χ2n) is 12.8. The van der Waals surface area contributed by atoms with Gasteiger partial charge in [0.2, 0.25) is 5.91 Å². The number of nitrogens with zero attached hydrogens (tertiary/aromatic N) is 1. The molecule has 3 unspecified atom stereocenters. The predicted octanol–water partition coefficient (Wildman–Crippen LogP) is 8.10. The molecule has 0 aromatic heterocycles. The largest absolute Gasteiger partial charge is 0.756 e. The van der Waals surface area contributed by atoms with E-state index in [0.29, 0.717) is 23.9 Å². The topological polar surface area (TPSA) is 108 Å². The molecule has 0 aromatic carbocycles. The lowest BCUT2D eigenvalue weighted by Crippen LogP contribution is -2.45. The number of amides is 1. The fourth-order valence-electron chi connectivity index (χ4n) is 4.35. The number of phosphoric ester groups is 1. The van der Waals surface area contributed by atoms with E-state index in [1.54, 1.807) is 6.08 Å². The maximum atomic E-state index is 12.7. The molecular weight excluding hydrogens is 599 g/mol. The van der Waals surface area contributed by atoms with Gasteiger partial charge in [-0.05, 0) is 64.2 Å². The molecule has 0 saturated carbocycles. The van der Waals surface area contributed by atoms with Gasteiger partial charge in [-0.2, -0.15) is 0 Å². The summed E-state index contributed by atoms with van der Waals surface area (Å²) in [5.41, 5.74) is 0. The second kappa shape index (κ2) is 29.3. The lowest BCUT2D eigenvalue weighted by atomic mass is 10.1. The Bertz CT molecular complexity index is 939. The van der Waals surface area contributed by atoms with Crippen molar-refractivity contribution in [3.8, 4) is 0 Å². The third kappa shape index (κ3) is 30.8. The fourth-order valence-corrected chi connectivity index (χ4v) is 5.08. The molecule has 46 heavy (non-hydrogen) atoms. The lowest BCUT2D eigenvalue weighted by Gasteiger charge is -2.29. The molecule has 0 aliphatic heterocycles. The molecule has 0 spiro atoms. The smallest absolute Gasteiger partial charge is 0.268 e. The van der Waals surface area contributed by atoms with Gasteiger partial charge in [-0.15, -0.1) is 0 Å². The zero-order valence-electron chi connectivity index (χ0n) is 29.7. The summed E-state index contributed by atoms with van der Waals surface area (Å²) in [6.07, 6.45) is 35.6. The molecule has 3 atom stereocenters. The highest BCUT2D eigenvalue weighted by molar-refractivity contribution is 7.45. The monoisotopic (exact) mass is 666 g/mol. The first-order valence-corrected chi connectivity index (χ1v) is 19.1. The van der Waals surface area contributed by atoms with Crippen molar-refractivity contribution in [1.29, 1.82) is 0 Å². The van der Waals surface area contributed by atoms with E-state index in [9.17, 15) is 19.4 Å². The molecule has 0 aromatic rings. The Morgan fingerprint density at radius 3 is 2.00 bits per heavy atom. The minimum Gasteiger partial charge on any atom is -0.756 e. The molecule has 2 N–H and O–H groups in total. The predicted molar refractivity (Wildman–Crippen MR) is 191 cm³/mol. The third-order valence-electron chi connectivity index (χ3n) is 7.21. The van der Waals surface area contributed by atoms with Gasteiger partial charge in [0.1, 0.15) is 13.2 Å². The van der Waals surface area contributed by atoms with Crippen LogP contribution in [0.15, 0.2) is 60.8 Å². The first-order valence-electron chi connectivity index (χ1n) is 17.7. The molecule has 0 aliphatic rings. The van der Waals surface area contributed by atoms with Gasteiger partial charge in [-0.25, -0.2) is 0 Å². The van der Waals surface area contributed by atoms with Crippen LogP contribution in [-0.4, -0.2) is 68.5 Å². The van der Waals surface area contributed by atoms with Crippen molar-refractivity contribution >= 4 is 13.7 Å². The second-order valence-corrected chi connectivity index (χ2v) is 14.2. The molecule has 1 amide bonds. The van der Waals surface area contributed by atoms with Crippen LogP contribution in [0.2, 0.25) is 0 Å². The summed E-state index contributed by atoms with van der Waals surface area (Å²) in [5, 5.41) is 13.6. The number of rotatable bonds is 30. The van der Waals surface area contributed by atoms with Crippen LogP contribution in [0, 0.1) is 0 Å². The minimum absolute atomic E-state index is 0.0153. The number of nitrogens with one attached hydrogen (secondary N) is 1. The van der Waals surface area contributed by atoms with E-state index in [-0.39, 0.29) is 12.5 Å². The maximum absolute atomic E-state index is 12.7. The van der Waals surface area contributed by atoms with Crippen LogP contribution < -0.4 is 10.2 Å². The van der Waals surface area contributed by atoms with E-state index in [0.717, 1.165) is 57.8 Å². The molecule has 8 nitrogen and oxygen atoms in total. The summed E-state index contributed by atoms with van der Waals surface area (Å²) in [7, 11) is 1.21. The normalized spacial score (nSPS) is 15.5. The van der Waals surface area contributed by atoms with E-state index < -0.39 is 26.6 Å². The summed E-state index contributed by atoms with van der Waals surface area (Å²) in [4.78, 5) is 25.0. The van der Waals surface area contributed by atoms with Crippen molar-refractivity contribution < 1.29 is 32.9 Å². The van der Waals surface area contributed by atoms with Crippen molar-refractivity contribution in [3.05, 3.63) is 60.8 Å². The Hall–Kier alpha value is -1.80. The van der Waals surface area contributed by atoms with Crippen molar-refractivity contribution in [2.75, 3.05) is 40.9 Å². The first kappa shape index (κ1) is 44.2. The summed E-state index contributed by atoms with van der Waals surface area (Å²) < 4.78 is 23.0. The highest BCUT2D eigenvalue weighted by Crippen LogP contribution is 2.38. The van der Waals surface area contributed by atoms with Gasteiger partial charge in [-0.1, -0.05) is 107 Å². The van der Waals surface area contributed by atoms with E-state index >= 15 is 0 Å². The van der Waals surface area contributed by atoms with Crippen LogP contribution in [0.3, 0.4) is 0 Å². The number of carbonyl (C=O) groups is 1. The van der Waals surface area contributed by atoms with Gasteiger partial charge in [0.25, 0.3) is 7.82 Å². The van der Waals surface area contributed by atoms with Crippen LogP contribution in [0.4, 0.5) is 0 Å². The van der Waals surface area contributed by atoms with E-state index in [2.05, 4.69) is 67.8 Å². The summed E-state index contributed by atoms with van der Waals surface area (Å²) in [5.74, 6) is -0.243. The number of unbranched alkanes of at least 4 members (excludes halogenated alkanes) is 9. The molecular formula is C37H67N2O6P. The van der Waals surface area contributed by atoms with Gasteiger partial charge in [0.15, 0.2) is 0 Å². The molecule has 0 saturated heterocycles. The van der Waals surface area contributed by atoms with Crippen LogP contribution in [-0.2, 0) is 18.4 Å². The van der Waals surface area contributed by atoms with Crippen molar-refractivity contribution in [2.24, 2.45) is 0 Å². The number of quaternary nitrogens is 1. The van der Waals surface area contributed by atoms with Gasteiger partial charge in [0, 0.05) is 6.42 Å². The van der Waals surface area contributed by atoms with Gasteiger partial charge in [-0.3, -0.25) is 9.36 Å². The van der Waals surface area contributed by atoms with Crippen molar-refractivity contribution in [1.82, 2.24) is 5.32 Å². The Morgan fingerprint density at radius 2 is 1.35 bits per heavy atom. The van der Waals surface area contributed by atoms with Crippen LogP contribution >= 0.6 is 7.82 Å². The van der Waals surface area contributed by atoms with Crippen LogP contribution in [0.5, 0.6) is 0 Å². The number of hydrogen-bond donors (Lipinski definition) is 2. The van der Waals surface area contributed by atoms with Gasteiger partial charge >= 0.3 is 0 Å². The maximum Gasteiger partial charge on any atom is 0.268 e. The summed E-state index contributed by atoms with van der Waals surface area (Å²) in [6, 6.07) is -0.917. The number of carbonyl (C=O) groups excluding carboxylic acids is 1. The molecule has 0 bridgehead atoms. The molecule has 266 valence electrons.